The second kappa shape index (κ2) is 3.48. The molecule has 0 spiro atoms. The molecule has 5 heteroatoms. The minimum atomic E-state index is -4.39. The summed E-state index contributed by atoms with van der Waals surface area (Å²) < 4.78 is 38.3. The van der Waals surface area contributed by atoms with Gasteiger partial charge in [0.05, 0.1) is 0 Å². The molecule has 1 aromatic heterocycles. The third kappa shape index (κ3) is 1.97. The van der Waals surface area contributed by atoms with Gasteiger partial charge in [0.1, 0.15) is 5.82 Å². The van der Waals surface area contributed by atoms with Crippen LogP contribution >= 0.6 is 0 Å². The van der Waals surface area contributed by atoms with E-state index in [0.29, 0.717) is 0 Å². The SMILES string of the molecule is C=Cc1nc(C(F)(F)F)cn1C(C)C. The van der Waals surface area contributed by atoms with Crippen LogP contribution in [0.2, 0.25) is 0 Å². The third-order valence-corrected chi connectivity index (χ3v) is 1.79. The lowest BCUT2D eigenvalue weighted by Gasteiger charge is -2.07. The summed E-state index contributed by atoms with van der Waals surface area (Å²) in [6, 6.07) is -0.0633. The van der Waals surface area contributed by atoms with Crippen molar-refractivity contribution in [2.24, 2.45) is 0 Å². The van der Waals surface area contributed by atoms with E-state index in [-0.39, 0.29) is 11.9 Å². The van der Waals surface area contributed by atoms with Crippen molar-refractivity contribution in [1.29, 1.82) is 0 Å². The molecular weight excluding hydrogens is 193 g/mol. The number of imidazole rings is 1. The molecule has 0 aliphatic carbocycles. The molecule has 0 saturated heterocycles. The van der Waals surface area contributed by atoms with Crippen molar-refractivity contribution < 1.29 is 13.2 Å². The van der Waals surface area contributed by atoms with E-state index in [1.165, 1.54) is 10.6 Å². The first kappa shape index (κ1) is 10.8. The Bertz CT molecular complexity index is 336. The minimum absolute atomic E-state index is 0.0633. The van der Waals surface area contributed by atoms with Gasteiger partial charge in [0.15, 0.2) is 5.69 Å². The van der Waals surface area contributed by atoms with E-state index in [1.54, 1.807) is 13.8 Å². The number of halogens is 3. The molecule has 0 atom stereocenters. The average molecular weight is 204 g/mol. The van der Waals surface area contributed by atoms with Gasteiger partial charge >= 0.3 is 6.18 Å². The van der Waals surface area contributed by atoms with Crippen molar-refractivity contribution in [1.82, 2.24) is 9.55 Å². The second-order valence-electron chi connectivity index (χ2n) is 3.19. The smallest absolute Gasteiger partial charge is 0.328 e. The number of nitrogens with zero attached hydrogens (tertiary/aromatic N) is 2. The van der Waals surface area contributed by atoms with E-state index in [9.17, 15) is 13.2 Å². The Morgan fingerprint density at radius 1 is 1.50 bits per heavy atom. The highest BCUT2D eigenvalue weighted by Gasteiger charge is 2.34. The second-order valence-corrected chi connectivity index (χ2v) is 3.19. The summed E-state index contributed by atoms with van der Waals surface area (Å²) in [5, 5.41) is 0. The first-order valence-corrected chi connectivity index (χ1v) is 4.14. The van der Waals surface area contributed by atoms with Crippen LogP contribution in [-0.4, -0.2) is 9.55 Å². The van der Waals surface area contributed by atoms with Gasteiger partial charge in [-0.3, -0.25) is 0 Å². The molecule has 0 radical (unpaired) electrons. The normalized spacial score (nSPS) is 12.1. The molecule has 0 N–H and O–H groups in total. The van der Waals surface area contributed by atoms with Gasteiger partial charge in [0.25, 0.3) is 0 Å². The Kier molecular flexibility index (Phi) is 2.69. The van der Waals surface area contributed by atoms with Crippen LogP contribution in [0.15, 0.2) is 12.8 Å². The summed E-state index contributed by atoms with van der Waals surface area (Å²) in [6.07, 6.45) is -2.07. The molecule has 0 aromatic carbocycles. The van der Waals surface area contributed by atoms with E-state index >= 15 is 0 Å². The van der Waals surface area contributed by atoms with E-state index in [4.69, 9.17) is 0 Å². The third-order valence-electron chi connectivity index (χ3n) is 1.79. The maximum atomic E-state index is 12.3. The van der Waals surface area contributed by atoms with Gasteiger partial charge in [0.2, 0.25) is 0 Å². The molecule has 2 nitrogen and oxygen atoms in total. The Morgan fingerprint density at radius 3 is 2.36 bits per heavy atom. The van der Waals surface area contributed by atoms with Crippen LogP contribution in [0.5, 0.6) is 0 Å². The largest absolute Gasteiger partial charge is 0.434 e. The van der Waals surface area contributed by atoms with E-state index < -0.39 is 11.9 Å². The molecule has 1 rings (SSSR count). The monoisotopic (exact) mass is 204 g/mol. The molecule has 1 heterocycles. The fourth-order valence-corrected chi connectivity index (χ4v) is 1.11. The summed E-state index contributed by atoms with van der Waals surface area (Å²) in [6.45, 7) is 6.99. The minimum Gasteiger partial charge on any atom is -0.328 e. The maximum Gasteiger partial charge on any atom is 0.434 e. The zero-order valence-electron chi connectivity index (χ0n) is 7.97. The predicted octanol–water partition coefficient (Wildman–Crippen LogP) is 3.13. The Balaban J connectivity index is 3.20. The van der Waals surface area contributed by atoms with Crippen LogP contribution in [0, 0.1) is 0 Å². The van der Waals surface area contributed by atoms with Crippen LogP contribution in [0.3, 0.4) is 0 Å². The van der Waals surface area contributed by atoms with Crippen LogP contribution < -0.4 is 0 Å². The lowest BCUT2D eigenvalue weighted by molar-refractivity contribution is -0.141. The molecule has 0 fully saturated rings. The van der Waals surface area contributed by atoms with E-state index in [1.807, 2.05) is 0 Å². The summed E-state index contributed by atoms with van der Waals surface area (Å²) in [5.41, 5.74) is -0.874. The molecular formula is C9H11F3N2. The summed E-state index contributed by atoms with van der Waals surface area (Å²) in [7, 11) is 0. The fourth-order valence-electron chi connectivity index (χ4n) is 1.11. The zero-order valence-corrected chi connectivity index (χ0v) is 7.97. The molecule has 0 aliphatic heterocycles. The molecule has 1 aromatic rings. The van der Waals surface area contributed by atoms with Crippen LogP contribution in [0.25, 0.3) is 6.08 Å². The molecule has 0 aliphatic rings. The molecule has 0 unspecified atom stereocenters. The van der Waals surface area contributed by atoms with Crippen molar-refractivity contribution in [3.05, 3.63) is 24.3 Å². The lowest BCUT2D eigenvalue weighted by atomic mass is 10.4. The van der Waals surface area contributed by atoms with Gasteiger partial charge in [-0.25, -0.2) is 4.98 Å². The number of alkyl halides is 3. The summed E-state index contributed by atoms with van der Waals surface area (Å²) in [4.78, 5) is 3.44. The number of hydrogen-bond acceptors (Lipinski definition) is 1. The summed E-state index contributed by atoms with van der Waals surface area (Å²) in [5.74, 6) is 0.243. The predicted molar refractivity (Wildman–Crippen MR) is 47.7 cm³/mol. The van der Waals surface area contributed by atoms with Gasteiger partial charge < -0.3 is 4.57 Å². The quantitative estimate of drug-likeness (QED) is 0.723. The van der Waals surface area contributed by atoms with E-state index in [0.717, 1.165) is 6.20 Å². The van der Waals surface area contributed by atoms with Crippen molar-refractivity contribution >= 4 is 6.08 Å². The van der Waals surface area contributed by atoms with Gasteiger partial charge in [0, 0.05) is 12.2 Å². The first-order valence-electron chi connectivity index (χ1n) is 4.14. The fraction of sp³-hybridized carbons (Fsp3) is 0.444. The Morgan fingerprint density at radius 2 is 2.07 bits per heavy atom. The highest BCUT2D eigenvalue weighted by Crippen LogP contribution is 2.29. The van der Waals surface area contributed by atoms with Crippen LogP contribution in [0.4, 0.5) is 13.2 Å². The van der Waals surface area contributed by atoms with Crippen LogP contribution in [-0.2, 0) is 6.18 Å². The topological polar surface area (TPSA) is 17.8 Å². The molecule has 0 bridgehead atoms. The molecule has 14 heavy (non-hydrogen) atoms. The average Bonchev–Trinajstić information content (AvgIpc) is 2.45. The Labute approximate surface area is 80.1 Å². The van der Waals surface area contributed by atoms with Crippen molar-refractivity contribution in [2.45, 2.75) is 26.1 Å². The standard InChI is InChI=1S/C9H11F3N2/c1-4-8-13-7(9(10,11)12)5-14(8)6(2)3/h4-6H,1H2,2-3H3. The van der Waals surface area contributed by atoms with E-state index in [2.05, 4.69) is 11.6 Å². The highest BCUT2D eigenvalue weighted by molar-refractivity contribution is 5.38. The number of hydrogen-bond donors (Lipinski definition) is 0. The van der Waals surface area contributed by atoms with Crippen molar-refractivity contribution in [2.75, 3.05) is 0 Å². The summed E-state index contributed by atoms with van der Waals surface area (Å²) >= 11 is 0. The van der Waals surface area contributed by atoms with Crippen molar-refractivity contribution in [3.63, 3.8) is 0 Å². The molecule has 78 valence electrons. The highest BCUT2D eigenvalue weighted by atomic mass is 19.4. The van der Waals surface area contributed by atoms with Gasteiger partial charge in [-0.05, 0) is 19.9 Å². The number of aromatic nitrogens is 2. The lowest BCUT2D eigenvalue weighted by Crippen LogP contribution is -2.05. The molecule has 0 amide bonds. The van der Waals surface area contributed by atoms with Crippen LogP contribution in [0.1, 0.15) is 31.4 Å². The maximum absolute atomic E-state index is 12.3. The van der Waals surface area contributed by atoms with Gasteiger partial charge in [-0.1, -0.05) is 6.58 Å². The molecule has 0 saturated carbocycles. The first-order chi connectivity index (χ1) is 6.36. The van der Waals surface area contributed by atoms with Gasteiger partial charge in [-0.2, -0.15) is 13.2 Å². The van der Waals surface area contributed by atoms with Crippen molar-refractivity contribution in [3.8, 4) is 0 Å². The van der Waals surface area contributed by atoms with Gasteiger partial charge in [-0.15, -0.1) is 0 Å². The Hall–Kier alpha value is -1.26. The number of rotatable bonds is 2. The zero-order chi connectivity index (χ0) is 10.9.